The van der Waals surface area contributed by atoms with Crippen molar-refractivity contribution in [3.05, 3.63) is 35.4 Å². The van der Waals surface area contributed by atoms with Crippen LogP contribution in [0, 0.1) is 5.92 Å². The summed E-state index contributed by atoms with van der Waals surface area (Å²) in [4.78, 5) is 11.6. The summed E-state index contributed by atoms with van der Waals surface area (Å²) in [7, 11) is 1.53. The highest BCUT2D eigenvalue weighted by molar-refractivity contribution is 5.77. The lowest BCUT2D eigenvalue weighted by Crippen LogP contribution is -2.34. The van der Waals surface area contributed by atoms with E-state index in [9.17, 15) is 4.79 Å². The average molecular weight is 249 g/mol. The van der Waals surface area contributed by atoms with Crippen molar-refractivity contribution in [3.8, 4) is 0 Å². The Morgan fingerprint density at radius 2 is 1.89 bits per heavy atom. The van der Waals surface area contributed by atoms with Crippen LogP contribution in [0.15, 0.2) is 24.3 Å². The molecule has 1 atom stereocenters. The molecular formula is C15H23NO2. The molecule has 0 heterocycles. The SMILES string of the molecule is CCc1ccc(C(NC(=O)COC)C(C)C)cc1. The van der Waals surface area contributed by atoms with E-state index >= 15 is 0 Å². The molecule has 0 spiro atoms. The van der Waals surface area contributed by atoms with Crippen LogP contribution in [-0.2, 0) is 16.0 Å². The number of hydrogen-bond donors (Lipinski definition) is 1. The Morgan fingerprint density at radius 1 is 1.28 bits per heavy atom. The van der Waals surface area contributed by atoms with Gasteiger partial charge in [0.2, 0.25) is 5.91 Å². The molecule has 1 unspecified atom stereocenters. The van der Waals surface area contributed by atoms with Gasteiger partial charge in [-0.3, -0.25) is 4.79 Å². The summed E-state index contributed by atoms with van der Waals surface area (Å²) in [6, 6.07) is 8.46. The molecule has 3 heteroatoms. The van der Waals surface area contributed by atoms with E-state index in [0.717, 1.165) is 12.0 Å². The highest BCUT2D eigenvalue weighted by Gasteiger charge is 2.17. The molecule has 0 aliphatic rings. The maximum Gasteiger partial charge on any atom is 0.246 e. The average Bonchev–Trinajstić information content (AvgIpc) is 2.36. The zero-order valence-corrected chi connectivity index (χ0v) is 11.7. The topological polar surface area (TPSA) is 38.3 Å². The first-order chi connectivity index (χ1) is 8.58. The maximum absolute atomic E-state index is 11.6. The molecule has 3 nitrogen and oxygen atoms in total. The summed E-state index contributed by atoms with van der Waals surface area (Å²) in [5, 5.41) is 3.01. The van der Waals surface area contributed by atoms with Gasteiger partial charge in [0.05, 0.1) is 6.04 Å². The third-order valence-electron chi connectivity index (χ3n) is 3.01. The number of hydrogen-bond acceptors (Lipinski definition) is 2. The minimum absolute atomic E-state index is 0.0403. The molecular weight excluding hydrogens is 226 g/mol. The number of ether oxygens (including phenoxy) is 1. The van der Waals surface area contributed by atoms with Crippen LogP contribution in [0.3, 0.4) is 0 Å². The van der Waals surface area contributed by atoms with Gasteiger partial charge in [-0.2, -0.15) is 0 Å². The molecule has 0 fully saturated rings. The minimum atomic E-state index is -0.0734. The van der Waals surface area contributed by atoms with Crippen molar-refractivity contribution < 1.29 is 9.53 Å². The Bertz CT molecular complexity index is 371. The molecule has 0 radical (unpaired) electrons. The van der Waals surface area contributed by atoms with Crippen molar-refractivity contribution >= 4 is 5.91 Å². The van der Waals surface area contributed by atoms with E-state index in [-0.39, 0.29) is 18.6 Å². The van der Waals surface area contributed by atoms with Crippen LogP contribution in [0.1, 0.15) is 37.9 Å². The van der Waals surface area contributed by atoms with E-state index in [1.165, 1.54) is 12.7 Å². The third-order valence-corrected chi connectivity index (χ3v) is 3.01. The highest BCUT2D eigenvalue weighted by Crippen LogP contribution is 2.22. The van der Waals surface area contributed by atoms with Gasteiger partial charge in [0, 0.05) is 7.11 Å². The van der Waals surface area contributed by atoms with E-state index in [2.05, 4.69) is 50.4 Å². The number of nitrogens with one attached hydrogen (secondary N) is 1. The van der Waals surface area contributed by atoms with E-state index in [4.69, 9.17) is 4.74 Å². The van der Waals surface area contributed by atoms with Crippen LogP contribution in [0.25, 0.3) is 0 Å². The number of rotatable bonds is 6. The standard InChI is InChI=1S/C15H23NO2/c1-5-12-6-8-13(9-7-12)15(11(2)3)16-14(17)10-18-4/h6-9,11,15H,5,10H2,1-4H3,(H,16,17). The van der Waals surface area contributed by atoms with Crippen molar-refractivity contribution in [2.24, 2.45) is 5.92 Å². The van der Waals surface area contributed by atoms with Gasteiger partial charge in [-0.15, -0.1) is 0 Å². The minimum Gasteiger partial charge on any atom is -0.375 e. The van der Waals surface area contributed by atoms with Gasteiger partial charge >= 0.3 is 0 Å². The fraction of sp³-hybridized carbons (Fsp3) is 0.533. The number of methoxy groups -OCH3 is 1. The Kier molecular flexibility index (Phi) is 5.86. The van der Waals surface area contributed by atoms with Gasteiger partial charge in [0.15, 0.2) is 0 Å². The summed E-state index contributed by atoms with van der Waals surface area (Å²) >= 11 is 0. The molecule has 0 saturated carbocycles. The van der Waals surface area contributed by atoms with E-state index < -0.39 is 0 Å². The van der Waals surface area contributed by atoms with Crippen molar-refractivity contribution in [1.29, 1.82) is 0 Å². The molecule has 0 saturated heterocycles. The van der Waals surface area contributed by atoms with Crippen LogP contribution in [0.5, 0.6) is 0 Å². The molecule has 1 N–H and O–H groups in total. The summed E-state index contributed by atoms with van der Waals surface area (Å²) in [5.74, 6) is 0.272. The summed E-state index contributed by atoms with van der Waals surface area (Å²) in [6.07, 6.45) is 1.03. The lowest BCUT2D eigenvalue weighted by molar-refractivity contribution is -0.125. The Morgan fingerprint density at radius 3 is 2.33 bits per heavy atom. The molecule has 100 valence electrons. The predicted molar refractivity (Wildman–Crippen MR) is 73.4 cm³/mol. The van der Waals surface area contributed by atoms with Gasteiger partial charge in [0.25, 0.3) is 0 Å². The van der Waals surface area contributed by atoms with Gasteiger partial charge in [-0.1, -0.05) is 45.0 Å². The first kappa shape index (κ1) is 14.7. The highest BCUT2D eigenvalue weighted by atomic mass is 16.5. The predicted octanol–water partition coefficient (Wildman–Crippen LogP) is 2.71. The van der Waals surface area contributed by atoms with E-state index in [1.807, 2.05) is 0 Å². The van der Waals surface area contributed by atoms with Crippen LogP contribution >= 0.6 is 0 Å². The normalized spacial score (nSPS) is 12.5. The lowest BCUT2D eigenvalue weighted by atomic mass is 9.95. The first-order valence-electron chi connectivity index (χ1n) is 6.45. The zero-order valence-electron chi connectivity index (χ0n) is 11.7. The molecule has 0 bridgehead atoms. The summed E-state index contributed by atoms with van der Waals surface area (Å²) < 4.78 is 4.84. The Labute approximate surface area is 110 Å². The van der Waals surface area contributed by atoms with Crippen molar-refractivity contribution in [3.63, 3.8) is 0 Å². The summed E-state index contributed by atoms with van der Waals surface area (Å²) in [5.41, 5.74) is 2.45. The third kappa shape index (κ3) is 4.15. The number of aryl methyl sites for hydroxylation is 1. The first-order valence-corrected chi connectivity index (χ1v) is 6.45. The quantitative estimate of drug-likeness (QED) is 0.842. The molecule has 0 aromatic heterocycles. The van der Waals surface area contributed by atoms with Gasteiger partial charge < -0.3 is 10.1 Å². The van der Waals surface area contributed by atoms with E-state index in [1.54, 1.807) is 0 Å². The molecule has 1 aromatic rings. The molecule has 1 amide bonds. The molecule has 1 aromatic carbocycles. The van der Waals surface area contributed by atoms with Gasteiger partial charge in [-0.25, -0.2) is 0 Å². The second-order valence-electron chi connectivity index (χ2n) is 4.82. The second kappa shape index (κ2) is 7.17. The second-order valence-corrected chi connectivity index (χ2v) is 4.82. The Hall–Kier alpha value is -1.35. The molecule has 18 heavy (non-hydrogen) atoms. The number of carbonyl (C=O) groups excluding carboxylic acids is 1. The van der Waals surface area contributed by atoms with Crippen LogP contribution in [0.4, 0.5) is 0 Å². The largest absolute Gasteiger partial charge is 0.375 e. The number of benzene rings is 1. The number of amides is 1. The fourth-order valence-electron chi connectivity index (χ4n) is 1.94. The van der Waals surface area contributed by atoms with Crippen LogP contribution in [0.2, 0.25) is 0 Å². The zero-order chi connectivity index (χ0) is 13.5. The van der Waals surface area contributed by atoms with Crippen LogP contribution in [-0.4, -0.2) is 19.6 Å². The number of carbonyl (C=O) groups is 1. The monoisotopic (exact) mass is 249 g/mol. The van der Waals surface area contributed by atoms with Gasteiger partial charge in [0.1, 0.15) is 6.61 Å². The fourth-order valence-corrected chi connectivity index (χ4v) is 1.94. The van der Waals surface area contributed by atoms with Gasteiger partial charge in [-0.05, 0) is 23.5 Å². The maximum atomic E-state index is 11.6. The smallest absolute Gasteiger partial charge is 0.246 e. The molecule has 0 aliphatic carbocycles. The molecule has 1 rings (SSSR count). The van der Waals surface area contributed by atoms with Crippen molar-refractivity contribution in [1.82, 2.24) is 5.32 Å². The molecule has 0 aliphatic heterocycles. The van der Waals surface area contributed by atoms with E-state index in [0.29, 0.717) is 5.92 Å². The lowest BCUT2D eigenvalue weighted by Gasteiger charge is -2.23. The Balaban J connectivity index is 2.80. The summed E-state index contributed by atoms with van der Waals surface area (Å²) in [6.45, 7) is 6.45. The van der Waals surface area contributed by atoms with Crippen molar-refractivity contribution in [2.75, 3.05) is 13.7 Å². The van der Waals surface area contributed by atoms with Crippen LogP contribution < -0.4 is 5.32 Å². The van der Waals surface area contributed by atoms with Crippen molar-refractivity contribution in [2.45, 2.75) is 33.2 Å².